The van der Waals surface area contributed by atoms with Gasteiger partial charge in [-0.25, -0.2) is 18.0 Å². The van der Waals surface area contributed by atoms with E-state index in [1.807, 2.05) is 0 Å². The molecule has 0 unspecified atom stereocenters. The van der Waals surface area contributed by atoms with E-state index in [0.717, 1.165) is 6.26 Å². The highest BCUT2D eigenvalue weighted by molar-refractivity contribution is 7.90. The topological polar surface area (TPSA) is 116 Å². The molecule has 1 rings (SSSR count). The van der Waals surface area contributed by atoms with Crippen molar-refractivity contribution >= 4 is 33.4 Å². The first kappa shape index (κ1) is 19.6. The Morgan fingerprint density at radius 3 is 1.92 bits per heavy atom. The van der Waals surface area contributed by atoms with Gasteiger partial charge in [0, 0.05) is 18.4 Å². The average Bonchev–Trinajstić information content (AvgIpc) is 2.51. The van der Waals surface area contributed by atoms with Crippen molar-refractivity contribution in [2.45, 2.75) is 12.8 Å². The summed E-state index contributed by atoms with van der Waals surface area (Å²) in [6.45, 7) is 0. The third-order valence-corrected chi connectivity index (χ3v) is 4.01. The number of esters is 2. The molecule has 0 saturated carbocycles. The molecule has 0 fully saturated rings. The fraction of sp³-hybridized carbons (Fsp3) is 0.400. The summed E-state index contributed by atoms with van der Waals surface area (Å²) < 4.78 is 31.3. The predicted octanol–water partition coefficient (Wildman–Crippen LogP) is 1.02. The van der Waals surface area contributed by atoms with E-state index in [-0.39, 0.29) is 35.4 Å². The zero-order valence-electron chi connectivity index (χ0n) is 13.6. The van der Waals surface area contributed by atoms with Crippen LogP contribution >= 0.6 is 0 Å². The van der Waals surface area contributed by atoms with E-state index < -0.39 is 27.7 Å². The minimum absolute atomic E-state index is 0.0108. The van der Waals surface area contributed by atoms with E-state index in [0.29, 0.717) is 0 Å². The molecule has 24 heavy (non-hydrogen) atoms. The SMILES string of the molecule is COC(=O)c1cc(NC(=O)CCCS(C)(=O)=O)cc(C(=O)OC)c1. The predicted molar refractivity (Wildman–Crippen MR) is 86.7 cm³/mol. The van der Waals surface area contributed by atoms with Gasteiger partial charge in [-0.2, -0.15) is 0 Å². The molecule has 0 aliphatic carbocycles. The fourth-order valence-electron chi connectivity index (χ4n) is 1.89. The van der Waals surface area contributed by atoms with Gasteiger partial charge < -0.3 is 14.8 Å². The zero-order valence-corrected chi connectivity index (χ0v) is 14.4. The number of ether oxygens (including phenoxy) is 2. The van der Waals surface area contributed by atoms with Crippen molar-refractivity contribution < 1.29 is 32.3 Å². The Kier molecular flexibility index (Phi) is 6.90. The van der Waals surface area contributed by atoms with Crippen molar-refractivity contribution in [3.05, 3.63) is 29.3 Å². The van der Waals surface area contributed by atoms with Crippen molar-refractivity contribution in [1.29, 1.82) is 0 Å². The molecule has 1 amide bonds. The molecular formula is C15H19NO7S. The number of amides is 1. The number of rotatable bonds is 7. The van der Waals surface area contributed by atoms with E-state index in [1.54, 1.807) is 0 Å². The van der Waals surface area contributed by atoms with E-state index in [9.17, 15) is 22.8 Å². The Morgan fingerprint density at radius 2 is 1.50 bits per heavy atom. The number of methoxy groups -OCH3 is 2. The maximum atomic E-state index is 11.9. The average molecular weight is 357 g/mol. The quantitative estimate of drug-likeness (QED) is 0.724. The normalized spacial score (nSPS) is 10.8. The lowest BCUT2D eigenvalue weighted by molar-refractivity contribution is -0.116. The van der Waals surface area contributed by atoms with Crippen LogP contribution < -0.4 is 5.32 Å². The minimum Gasteiger partial charge on any atom is -0.465 e. The Bertz CT molecular complexity index is 706. The van der Waals surface area contributed by atoms with Gasteiger partial charge in [-0.3, -0.25) is 4.79 Å². The Balaban J connectivity index is 2.91. The number of carbonyl (C=O) groups excluding carboxylic acids is 3. The van der Waals surface area contributed by atoms with Crippen molar-refractivity contribution in [2.24, 2.45) is 0 Å². The first-order chi connectivity index (χ1) is 11.2. The van der Waals surface area contributed by atoms with Crippen molar-refractivity contribution in [3.8, 4) is 0 Å². The van der Waals surface area contributed by atoms with Gasteiger partial charge in [0.25, 0.3) is 0 Å². The van der Waals surface area contributed by atoms with Crippen LogP contribution in [-0.2, 0) is 24.1 Å². The molecule has 1 aromatic rings. The second-order valence-corrected chi connectivity index (χ2v) is 7.32. The molecule has 0 saturated heterocycles. The molecule has 0 atom stereocenters. The van der Waals surface area contributed by atoms with E-state index in [4.69, 9.17) is 0 Å². The number of hydrogen-bond donors (Lipinski definition) is 1. The third kappa shape index (κ3) is 6.37. The lowest BCUT2D eigenvalue weighted by Crippen LogP contribution is -2.15. The van der Waals surface area contributed by atoms with E-state index in [2.05, 4.69) is 14.8 Å². The highest BCUT2D eigenvalue weighted by atomic mass is 32.2. The summed E-state index contributed by atoms with van der Waals surface area (Å²) in [6, 6.07) is 4.00. The smallest absolute Gasteiger partial charge is 0.337 e. The van der Waals surface area contributed by atoms with Gasteiger partial charge in [-0.1, -0.05) is 0 Å². The van der Waals surface area contributed by atoms with Crippen LogP contribution in [0.5, 0.6) is 0 Å². The lowest BCUT2D eigenvalue weighted by Gasteiger charge is -2.09. The van der Waals surface area contributed by atoms with Gasteiger partial charge in [-0.15, -0.1) is 0 Å². The van der Waals surface area contributed by atoms with Gasteiger partial charge in [-0.05, 0) is 24.6 Å². The molecular weight excluding hydrogens is 338 g/mol. The van der Waals surface area contributed by atoms with Crippen LogP contribution in [0.2, 0.25) is 0 Å². The molecule has 1 aromatic carbocycles. The first-order valence-electron chi connectivity index (χ1n) is 6.95. The van der Waals surface area contributed by atoms with E-state index >= 15 is 0 Å². The van der Waals surface area contributed by atoms with Crippen LogP contribution in [-0.4, -0.2) is 52.5 Å². The summed E-state index contributed by atoms with van der Waals surface area (Å²) in [5.41, 5.74) is 0.362. The van der Waals surface area contributed by atoms with Crippen LogP contribution in [0.25, 0.3) is 0 Å². The Labute approximate surface area is 140 Å². The molecule has 0 aliphatic heterocycles. The Hall–Kier alpha value is -2.42. The standard InChI is InChI=1S/C15H19NO7S/c1-22-14(18)10-7-11(15(19)23-2)9-12(8-10)16-13(17)5-4-6-24(3,20)21/h7-9H,4-6H2,1-3H3,(H,16,17). The molecule has 0 bridgehead atoms. The fourth-order valence-corrected chi connectivity index (χ4v) is 2.56. The summed E-state index contributed by atoms with van der Waals surface area (Å²) in [5.74, 6) is -1.88. The molecule has 0 radical (unpaired) electrons. The zero-order chi connectivity index (χ0) is 18.3. The monoisotopic (exact) mass is 357 g/mol. The summed E-state index contributed by atoms with van der Waals surface area (Å²) in [4.78, 5) is 35.1. The maximum Gasteiger partial charge on any atom is 0.337 e. The molecule has 0 aliphatic rings. The van der Waals surface area contributed by atoms with Gasteiger partial charge in [0.15, 0.2) is 0 Å². The number of sulfone groups is 1. The molecule has 132 valence electrons. The number of hydrogen-bond acceptors (Lipinski definition) is 7. The number of nitrogens with one attached hydrogen (secondary N) is 1. The van der Waals surface area contributed by atoms with Gasteiger partial charge in [0.2, 0.25) is 5.91 Å². The van der Waals surface area contributed by atoms with Gasteiger partial charge >= 0.3 is 11.9 Å². The summed E-state index contributed by atoms with van der Waals surface area (Å²) in [7, 11) is -0.756. The van der Waals surface area contributed by atoms with Crippen molar-refractivity contribution in [2.75, 3.05) is 31.5 Å². The molecule has 0 heterocycles. The molecule has 9 heteroatoms. The maximum absolute atomic E-state index is 11.9. The molecule has 1 N–H and O–H groups in total. The summed E-state index contributed by atoms with van der Waals surface area (Å²) in [6.07, 6.45) is 1.25. The second-order valence-electron chi connectivity index (χ2n) is 5.06. The number of benzene rings is 1. The molecule has 0 aromatic heterocycles. The highest BCUT2D eigenvalue weighted by Gasteiger charge is 2.15. The van der Waals surface area contributed by atoms with Gasteiger partial charge in [0.05, 0.1) is 31.1 Å². The molecule has 8 nitrogen and oxygen atoms in total. The van der Waals surface area contributed by atoms with Crippen LogP contribution in [0.3, 0.4) is 0 Å². The minimum atomic E-state index is -3.14. The van der Waals surface area contributed by atoms with Crippen LogP contribution in [0.15, 0.2) is 18.2 Å². The van der Waals surface area contributed by atoms with E-state index in [1.165, 1.54) is 32.4 Å². The lowest BCUT2D eigenvalue weighted by atomic mass is 10.1. The largest absolute Gasteiger partial charge is 0.465 e. The number of anilines is 1. The first-order valence-corrected chi connectivity index (χ1v) is 9.01. The van der Waals surface area contributed by atoms with Gasteiger partial charge in [0.1, 0.15) is 9.84 Å². The highest BCUT2D eigenvalue weighted by Crippen LogP contribution is 2.17. The number of carbonyl (C=O) groups is 3. The second kappa shape index (κ2) is 8.44. The van der Waals surface area contributed by atoms with Crippen molar-refractivity contribution in [1.82, 2.24) is 0 Å². The van der Waals surface area contributed by atoms with Crippen LogP contribution in [0.1, 0.15) is 33.6 Å². The van der Waals surface area contributed by atoms with Crippen LogP contribution in [0, 0.1) is 0 Å². The summed E-state index contributed by atoms with van der Waals surface area (Å²) in [5, 5.41) is 2.52. The molecule has 0 spiro atoms. The third-order valence-electron chi connectivity index (χ3n) is 2.98. The van der Waals surface area contributed by atoms with Crippen molar-refractivity contribution in [3.63, 3.8) is 0 Å². The summed E-state index contributed by atoms with van der Waals surface area (Å²) >= 11 is 0. The van der Waals surface area contributed by atoms with Crippen LogP contribution in [0.4, 0.5) is 5.69 Å². The Morgan fingerprint density at radius 1 is 1.00 bits per heavy atom.